The summed E-state index contributed by atoms with van der Waals surface area (Å²) in [6.07, 6.45) is 1.56. The minimum atomic E-state index is -0.531. The third-order valence-electron chi connectivity index (χ3n) is 3.96. The van der Waals surface area contributed by atoms with E-state index in [2.05, 4.69) is 20.5 Å². The molecule has 27 heavy (non-hydrogen) atoms. The van der Waals surface area contributed by atoms with E-state index in [0.717, 1.165) is 5.69 Å². The number of nitrogens with one attached hydrogen (secondary N) is 1. The van der Waals surface area contributed by atoms with Gasteiger partial charge in [0.25, 0.3) is 0 Å². The summed E-state index contributed by atoms with van der Waals surface area (Å²) in [5, 5.41) is 23.0. The highest BCUT2D eigenvalue weighted by atomic mass is 35.5. The van der Waals surface area contributed by atoms with Gasteiger partial charge >= 0.3 is 5.63 Å². The number of hydrogen-bond acceptors (Lipinski definition) is 8. The van der Waals surface area contributed by atoms with Crippen molar-refractivity contribution in [2.75, 3.05) is 5.32 Å². The van der Waals surface area contributed by atoms with Crippen molar-refractivity contribution >= 4 is 44.7 Å². The molecule has 0 spiro atoms. The van der Waals surface area contributed by atoms with Crippen molar-refractivity contribution in [3.05, 3.63) is 63.2 Å². The highest BCUT2D eigenvalue weighted by molar-refractivity contribution is 7.18. The average molecular weight is 401 g/mol. The molecule has 0 bridgehead atoms. The molecule has 0 saturated heterocycles. The third-order valence-corrected chi connectivity index (χ3v) is 5.08. The van der Waals surface area contributed by atoms with Gasteiger partial charge in [0.05, 0.1) is 17.9 Å². The molecule has 0 radical (unpaired) electrons. The maximum Gasteiger partial charge on any atom is 0.346 e. The Kier molecular flexibility index (Phi) is 4.61. The number of nitrogens with zero attached hydrogens (tertiary/aromatic N) is 3. The number of aliphatic hydroxyl groups is 1. The third kappa shape index (κ3) is 3.42. The Morgan fingerprint density at radius 2 is 2.04 bits per heavy atom. The summed E-state index contributed by atoms with van der Waals surface area (Å²) in [5.74, 6) is 0. The van der Waals surface area contributed by atoms with Crippen molar-refractivity contribution in [1.82, 2.24) is 15.2 Å². The zero-order chi connectivity index (χ0) is 19.0. The van der Waals surface area contributed by atoms with Crippen LogP contribution in [0.2, 0.25) is 5.02 Å². The topological polar surface area (TPSA) is 101 Å². The van der Waals surface area contributed by atoms with Gasteiger partial charge in [-0.05, 0) is 37.3 Å². The van der Waals surface area contributed by atoms with E-state index in [4.69, 9.17) is 16.0 Å². The molecule has 0 fully saturated rings. The van der Waals surface area contributed by atoms with Crippen molar-refractivity contribution < 1.29 is 9.52 Å². The van der Waals surface area contributed by atoms with Crippen LogP contribution in [0.25, 0.3) is 21.5 Å². The highest BCUT2D eigenvalue weighted by Crippen LogP contribution is 2.30. The van der Waals surface area contributed by atoms with Gasteiger partial charge in [0.15, 0.2) is 10.6 Å². The summed E-state index contributed by atoms with van der Waals surface area (Å²) in [7, 11) is 0. The number of aromatic nitrogens is 3. The number of benzene rings is 1. The molecule has 0 atom stereocenters. The van der Waals surface area contributed by atoms with E-state index in [1.54, 1.807) is 31.3 Å². The zero-order valence-electron chi connectivity index (χ0n) is 14.1. The van der Waals surface area contributed by atoms with E-state index in [1.165, 1.54) is 11.3 Å². The van der Waals surface area contributed by atoms with Gasteiger partial charge in [-0.1, -0.05) is 22.9 Å². The SMILES string of the molecule is Cc1ncc(CO)c2cc(-c3nnc(Nc4ccc(Cl)cc4)s3)c(=O)oc12. The normalized spacial score (nSPS) is 11.1. The molecule has 3 heterocycles. The van der Waals surface area contributed by atoms with E-state index in [1.807, 2.05) is 12.1 Å². The number of halogens is 1. The van der Waals surface area contributed by atoms with Gasteiger partial charge in [-0.15, -0.1) is 10.2 Å². The fourth-order valence-corrected chi connectivity index (χ4v) is 3.49. The van der Waals surface area contributed by atoms with Crippen LogP contribution in [-0.2, 0) is 6.61 Å². The van der Waals surface area contributed by atoms with Gasteiger partial charge in [0, 0.05) is 27.9 Å². The van der Waals surface area contributed by atoms with Crippen molar-refractivity contribution in [1.29, 1.82) is 0 Å². The van der Waals surface area contributed by atoms with Crippen molar-refractivity contribution in [2.45, 2.75) is 13.5 Å². The standard InChI is InChI=1S/C18H13ClN4O3S/c1-9-15-13(10(8-24)7-20-9)6-14(17(25)26-15)16-22-23-18(27-16)21-12-4-2-11(19)3-5-12/h2-7,24H,8H2,1H3,(H,21,23). The smallest absolute Gasteiger partial charge is 0.346 e. The van der Waals surface area contributed by atoms with Gasteiger partial charge in [0.2, 0.25) is 5.13 Å². The molecule has 9 heteroatoms. The second-order valence-electron chi connectivity index (χ2n) is 5.76. The van der Waals surface area contributed by atoms with Gasteiger partial charge in [0.1, 0.15) is 0 Å². The molecule has 136 valence electrons. The fraction of sp³-hybridized carbons (Fsp3) is 0.111. The average Bonchev–Trinajstić information content (AvgIpc) is 3.12. The summed E-state index contributed by atoms with van der Waals surface area (Å²) in [5.41, 5.74) is 2.07. The number of aryl methyl sites for hydroxylation is 1. The lowest BCUT2D eigenvalue weighted by Crippen LogP contribution is -2.05. The van der Waals surface area contributed by atoms with E-state index >= 15 is 0 Å². The Morgan fingerprint density at radius 3 is 2.78 bits per heavy atom. The summed E-state index contributed by atoms with van der Waals surface area (Å²) in [4.78, 5) is 16.6. The van der Waals surface area contributed by atoms with E-state index in [-0.39, 0.29) is 12.2 Å². The molecular weight excluding hydrogens is 388 g/mol. The Hall–Kier alpha value is -2.81. The van der Waals surface area contributed by atoms with Gasteiger partial charge in [-0.3, -0.25) is 4.98 Å². The van der Waals surface area contributed by atoms with Crippen LogP contribution in [0.4, 0.5) is 10.8 Å². The molecular formula is C18H13ClN4O3S. The number of anilines is 2. The first kappa shape index (κ1) is 17.6. The summed E-state index contributed by atoms with van der Waals surface area (Å²) < 4.78 is 5.44. The Labute approximate surface area is 162 Å². The van der Waals surface area contributed by atoms with Crippen LogP contribution in [0.5, 0.6) is 0 Å². The lowest BCUT2D eigenvalue weighted by atomic mass is 10.1. The zero-order valence-corrected chi connectivity index (χ0v) is 15.6. The fourth-order valence-electron chi connectivity index (χ4n) is 2.60. The van der Waals surface area contributed by atoms with E-state index in [9.17, 15) is 9.90 Å². The van der Waals surface area contributed by atoms with E-state index in [0.29, 0.717) is 37.4 Å². The molecule has 2 N–H and O–H groups in total. The van der Waals surface area contributed by atoms with Crippen molar-refractivity contribution in [3.63, 3.8) is 0 Å². The van der Waals surface area contributed by atoms with Crippen LogP contribution in [0.3, 0.4) is 0 Å². The van der Waals surface area contributed by atoms with Gasteiger partial charge in [-0.2, -0.15) is 0 Å². The molecule has 0 amide bonds. The monoisotopic (exact) mass is 400 g/mol. The van der Waals surface area contributed by atoms with Gasteiger partial charge in [-0.25, -0.2) is 4.79 Å². The number of hydrogen-bond donors (Lipinski definition) is 2. The van der Waals surface area contributed by atoms with Crippen LogP contribution in [0, 0.1) is 6.92 Å². The first-order valence-corrected chi connectivity index (χ1v) is 9.14. The highest BCUT2D eigenvalue weighted by Gasteiger charge is 2.16. The Balaban J connectivity index is 1.74. The van der Waals surface area contributed by atoms with Crippen molar-refractivity contribution in [3.8, 4) is 10.6 Å². The number of fused-ring (bicyclic) bond motifs is 1. The van der Waals surface area contributed by atoms with Crippen LogP contribution in [0.1, 0.15) is 11.3 Å². The minimum Gasteiger partial charge on any atom is -0.420 e. The number of rotatable bonds is 4. The molecule has 7 nitrogen and oxygen atoms in total. The van der Waals surface area contributed by atoms with Crippen LogP contribution in [0.15, 0.2) is 45.7 Å². The lowest BCUT2D eigenvalue weighted by Gasteiger charge is -2.05. The lowest BCUT2D eigenvalue weighted by molar-refractivity contribution is 0.282. The molecule has 1 aromatic carbocycles. The van der Waals surface area contributed by atoms with Crippen LogP contribution < -0.4 is 10.9 Å². The first-order valence-electron chi connectivity index (χ1n) is 7.95. The van der Waals surface area contributed by atoms with Crippen LogP contribution >= 0.6 is 22.9 Å². The van der Waals surface area contributed by atoms with Crippen LogP contribution in [-0.4, -0.2) is 20.3 Å². The summed E-state index contributed by atoms with van der Waals surface area (Å²) >= 11 is 7.10. The van der Waals surface area contributed by atoms with Crippen molar-refractivity contribution in [2.24, 2.45) is 0 Å². The van der Waals surface area contributed by atoms with E-state index < -0.39 is 5.63 Å². The Morgan fingerprint density at radius 1 is 1.26 bits per heavy atom. The maximum absolute atomic E-state index is 12.4. The quantitative estimate of drug-likeness (QED) is 0.535. The second-order valence-corrected chi connectivity index (χ2v) is 7.18. The molecule has 4 aromatic rings. The molecule has 3 aromatic heterocycles. The Bertz CT molecular complexity index is 1190. The predicted molar refractivity (Wildman–Crippen MR) is 105 cm³/mol. The molecule has 0 aliphatic heterocycles. The number of aliphatic hydroxyl groups excluding tert-OH is 1. The second kappa shape index (κ2) is 7.07. The minimum absolute atomic E-state index is 0.212. The summed E-state index contributed by atoms with van der Waals surface area (Å²) in [6, 6.07) is 8.81. The molecule has 0 aliphatic rings. The predicted octanol–water partition coefficient (Wildman–Crippen LogP) is 3.90. The molecule has 4 rings (SSSR count). The molecule has 0 saturated carbocycles. The maximum atomic E-state index is 12.4. The first-order chi connectivity index (χ1) is 13.0. The molecule has 0 aliphatic carbocycles. The molecule has 0 unspecified atom stereocenters. The number of pyridine rings is 1. The van der Waals surface area contributed by atoms with Gasteiger partial charge < -0.3 is 14.8 Å². The summed E-state index contributed by atoms with van der Waals surface area (Å²) in [6.45, 7) is 1.53. The largest absolute Gasteiger partial charge is 0.420 e.